The van der Waals surface area contributed by atoms with Crippen LogP contribution in [0.5, 0.6) is 5.75 Å². The van der Waals surface area contributed by atoms with Crippen LogP contribution in [0, 0.1) is 5.82 Å². The van der Waals surface area contributed by atoms with Crippen LogP contribution >= 0.6 is 0 Å². The summed E-state index contributed by atoms with van der Waals surface area (Å²) in [7, 11) is 0. The molecule has 0 aromatic heterocycles. The maximum Gasteiger partial charge on any atom is 0.387 e. The third-order valence-corrected chi connectivity index (χ3v) is 3.17. The van der Waals surface area contributed by atoms with Gasteiger partial charge in [-0.25, -0.2) is 4.39 Å². The molecule has 0 saturated heterocycles. The number of carbonyl (C=O) groups is 3. The smallest absolute Gasteiger partial charge is 0.387 e. The molecule has 2 aromatic rings. The zero-order valence-electron chi connectivity index (χ0n) is 13.7. The van der Waals surface area contributed by atoms with E-state index in [0.717, 1.165) is 12.1 Å². The summed E-state index contributed by atoms with van der Waals surface area (Å²) in [5, 5.41) is 2.29. The van der Waals surface area contributed by atoms with Gasteiger partial charge in [0.25, 0.3) is 17.7 Å². The first kappa shape index (κ1) is 19.8. The standard InChI is InChI=1S/C17H14F3N3O4/c18-12-5-1-11(2-6-12)16(26)23-22-14(24)9-21-15(25)10-3-7-13(8-4-10)27-17(19)20/h1-8,17H,9H2,(H,21,25)(H,22,24)(H,23,26). The third kappa shape index (κ3) is 6.34. The van der Waals surface area contributed by atoms with E-state index in [4.69, 9.17) is 0 Å². The molecule has 2 rings (SSSR count). The van der Waals surface area contributed by atoms with Crippen molar-refractivity contribution in [2.24, 2.45) is 0 Å². The van der Waals surface area contributed by atoms with Crippen LogP contribution in [0.4, 0.5) is 13.2 Å². The highest BCUT2D eigenvalue weighted by molar-refractivity contribution is 5.98. The Hall–Kier alpha value is -3.56. The summed E-state index contributed by atoms with van der Waals surface area (Å²) in [5.74, 6) is -2.62. The first-order valence-corrected chi connectivity index (χ1v) is 7.53. The number of halogens is 3. The van der Waals surface area contributed by atoms with E-state index in [1.54, 1.807) is 0 Å². The quantitative estimate of drug-likeness (QED) is 0.663. The van der Waals surface area contributed by atoms with E-state index in [1.165, 1.54) is 36.4 Å². The minimum Gasteiger partial charge on any atom is -0.435 e. The number of nitrogens with one attached hydrogen (secondary N) is 3. The van der Waals surface area contributed by atoms with Gasteiger partial charge in [-0.15, -0.1) is 0 Å². The molecule has 2 aromatic carbocycles. The largest absolute Gasteiger partial charge is 0.435 e. The van der Waals surface area contributed by atoms with Gasteiger partial charge >= 0.3 is 6.61 Å². The van der Waals surface area contributed by atoms with Gasteiger partial charge in [0.1, 0.15) is 11.6 Å². The lowest BCUT2D eigenvalue weighted by atomic mass is 10.2. The number of amides is 3. The SMILES string of the molecule is O=C(CNC(=O)c1ccc(OC(F)F)cc1)NNC(=O)c1ccc(F)cc1. The van der Waals surface area contributed by atoms with E-state index in [0.29, 0.717) is 0 Å². The molecule has 0 fully saturated rings. The Kier molecular flexibility index (Phi) is 6.75. The van der Waals surface area contributed by atoms with Gasteiger partial charge in [-0.3, -0.25) is 25.2 Å². The summed E-state index contributed by atoms with van der Waals surface area (Å²) >= 11 is 0. The maximum absolute atomic E-state index is 12.8. The molecule has 0 saturated carbocycles. The van der Waals surface area contributed by atoms with Crippen molar-refractivity contribution in [2.75, 3.05) is 6.54 Å². The number of benzene rings is 2. The van der Waals surface area contributed by atoms with Crippen molar-refractivity contribution < 1.29 is 32.3 Å². The van der Waals surface area contributed by atoms with Gasteiger partial charge in [0.2, 0.25) is 0 Å². The summed E-state index contributed by atoms with van der Waals surface area (Å²) in [6, 6.07) is 9.53. The summed E-state index contributed by atoms with van der Waals surface area (Å²) in [4.78, 5) is 35.2. The number of hydrazine groups is 1. The molecule has 3 N–H and O–H groups in total. The monoisotopic (exact) mass is 381 g/mol. The van der Waals surface area contributed by atoms with Crippen LogP contribution in [0.2, 0.25) is 0 Å². The zero-order chi connectivity index (χ0) is 19.8. The highest BCUT2D eigenvalue weighted by Crippen LogP contribution is 2.14. The zero-order valence-corrected chi connectivity index (χ0v) is 13.7. The maximum atomic E-state index is 12.8. The minimum atomic E-state index is -2.97. The number of hydrogen-bond acceptors (Lipinski definition) is 4. The second kappa shape index (κ2) is 9.22. The lowest BCUT2D eigenvalue weighted by Crippen LogP contribution is -2.46. The van der Waals surface area contributed by atoms with Crippen LogP contribution in [-0.4, -0.2) is 30.9 Å². The van der Waals surface area contributed by atoms with Crippen LogP contribution in [0.25, 0.3) is 0 Å². The van der Waals surface area contributed by atoms with E-state index >= 15 is 0 Å². The molecule has 10 heteroatoms. The third-order valence-electron chi connectivity index (χ3n) is 3.17. The van der Waals surface area contributed by atoms with Gasteiger partial charge < -0.3 is 10.1 Å². The average Bonchev–Trinajstić information content (AvgIpc) is 2.65. The normalized spacial score (nSPS) is 10.2. The van der Waals surface area contributed by atoms with Gasteiger partial charge in [0.05, 0.1) is 6.54 Å². The molecule has 0 aliphatic heterocycles. The Morgan fingerprint density at radius 3 is 2.00 bits per heavy atom. The summed E-state index contributed by atoms with van der Waals surface area (Å²) in [6.07, 6.45) is 0. The molecule has 0 atom stereocenters. The summed E-state index contributed by atoms with van der Waals surface area (Å²) in [5.41, 5.74) is 4.45. The molecule has 0 radical (unpaired) electrons. The van der Waals surface area contributed by atoms with Crippen molar-refractivity contribution in [1.29, 1.82) is 0 Å². The molecular formula is C17H14F3N3O4. The van der Waals surface area contributed by atoms with Crippen LogP contribution < -0.4 is 20.9 Å². The Labute approximate surface area is 151 Å². The molecule has 0 bridgehead atoms. The fraction of sp³-hybridized carbons (Fsp3) is 0.118. The van der Waals surface area contributed by atoms with Crippen molar-refractivity contribution in [2.45, 2.75) is 6.61 Å². The van der Waals surface area contributed by atoms with Crippen molar-refractivity contribution in [3.63, 3.8) is 0 Å². The highest BCUT2D eigenvalue weighted by Gasteiger charge is 2.11. The average molecular weight is 381 g/mol. The van der Waals surface area contributed by atoms with Crippen molar-refractivity contribution in [3.8, 4) is 5.75 Å². The molecule has 27 heavy (non-hydrogen) atoms. The molecule has 0 aliphatic carbocycles. The van der Waals surface area contributed by atoms with Gasteiger partial charge in [0.15, 0.2) is 0 Å². The minimum absolute atomic E-state index is 0.109. The van der Waals surface area contributed by atoms with Crippen molar-refractivity contribution in [1.82, 2.24) is 16.2 Å². The molecular weight excluding hydrogens is 367 g/mol. The Morgan fingerprint density at radius 2 is 1.41 bits per heavy atom. The number of alkyl halides is 2. The molecule has 0 unspecified atom stereocenters. The lowest BCUT2D eigenvalue weighted by molar-refractivity contribution is -0.120. The molecule has 0 spiro atoms. The van der Waals surface area contributed by atoms with Gasteiger partial charge in [-0.05, 0) is 48.5 Å². The fourth-order valence-corrected chi connectivity index (χ4v) is 1.89. The van der Waals surface area contributed by atoms with E-state index < -0.39 is 36.7 Å². The lowest BCUT2D eigenvalue weighted by Gasteiger charge is -2.09. The molecule has 7 nitrogen and oxygen atoms in total. The number of carbonyl (C=O) groups excluding carboxylic acids is 3. The van der Waals surface area contributed by atoms with E-state index in [9.17, 15) is 27.6 Å². The van der Waals surface area contributed by atoms with Gasteiger partial charge in [-0.1, -0.05) is 0 Å². The molecule has 0 aliphatic rings. The van der Waals surface area contributed by atoms with Gasteiger partial charge in [-0.2, -0.15) is 8.78 Å². The van der Waals surface area contributed by atoms with Crippen molar-refractivity contribution in [3.05, 3.63) is 65.5 Å². The van der Waals surface area contributed by atoms with E-state index in [1.807, 2.05) is 0 Å². The van der Waals surface area contributed by atoms with Crippen LogP contribution in [0.15, 0.2) is 48.5 Å². The molecule has 0 heterocycles. The Balaban J connectivity index is 1.76. The van der Waals surface area contributed by atoms with Gasteiger partial charge in [0, 0.05) is 11.1 Å². The second-order valence-corrected chi connectivity index (χ2v) is 5.09. The number of ether oxygens (including phenoxy) is 1. The number of rotatable bonds is 6. The topological polar surface area (TPSA) is 96.5 Å². The summed E-state index contributed by atoms with van der Waals surface area (Å²) in [6.45, 7) is -3.42. The second-order valence-electron chi connectivity index (χ2n) is 5.09. The highest BCUT2D eigenvalue weighted by atomic mass is 19.3. The van der Waals surface area contributed by atoms with Crippen LogP contribution in [0.3, 0.4) is 0 Å². The number of hydrogen-bond donors (Lipinski definition) is 3. The Morgan fingerprint density at radius 1 is 0.852 bits per heavy atom. The van der Waals surface area contributed by atoms with E-state index in [2.05, 4.69) is 20.9 Å². The van der Waals surface area contributed by atoms with Crippen molar-refractivity contribution >= 4 is 17.7 Å². The Bertz CT molecular complexity index is 811. The molecule has 142 valence electrons. The first-order chi connectivity index (χ1) is 12.8. The van der Waals surface area contributed by atoms with Crippen LogP contribution in [0.1, 0.15) is 20.7 Å². The van der Waals surface area contributed by atoms with Crippen LogP contribution in [-0.2, 0) is 4.79 Å². The predicted octanol–water partition coefficient (Wildman–Crippen LogP) is 1.62. The first-order valence-electron chi connectivity index (χ1n) is 7.53. The summed E-state index contributed by atoms with van der Waals surface area (Å²) < 4.78 is 41.0. The molecule has 3 amide bonds. The predicted molar refractivity (Wildman–Crippen MR) is 87.4 cm³/mol. The van der Waals surface area contributed by atoms with E-state index in [-0.39, 0.29) is 16.9 Å². The fourth-order valence-electron chi connectivity index (χ4n) is 1.89.